The maximum atomic E-state index is 12.8. The maximum absolute atomic E-state index is 12.8. The fourth-order valence-corrected chi connectivity index (χ4v) is 2.77. The fraction of sp³-hybridized carbons (Fsp3) is 0.333. The number of imide groups is 1. The molecule has 0 spiro atoms. The van der Waals surface area contributed by atoms with Crippen molar-refractivity contribution in [3.8, 4) is 0 Å². The molecule has 1 aliphatic heterocycles. The number of nitrogens with zero attached hydrogens (tertiary/aromatic N) is 3. The number of halogens is 1. The summed E-state index contributed by atoms with van der Waals surface area (Å²) in [7, 11) is 0. The summed E-state index contributed by atoms with van der Waals surface area (Å²) >= 11 is 0. The van der Waals surface area contributed by atoms with Crippen molar-refractivity contribution >= 4 is 35.1 Å². The lowest BCUT2D eigenvalue weighted by Crippen LogP contribution is -2.53. The maximum Gasteiger partial charge on any atom is 0.281 e. The molecule has 0 atom stereocenters. The van der Waals surface area contributed by atoms with Gasteiger partial charge in [-0.3, -0.25) is 14.4 Å². The average molecular weight is 337 g/mol. The molecular weight excluding hydrogens is 320 g/mol. The summed E-state index contributed by atoms with van der Waals surface area (Å²) in [5.74, 6) is -0.462. The highest BCUT2D eigenvalue weighted by Gasteiger charge is 2.30. The van der Waals surface area contributed by atoms with Crippen molar-refractivity contribution < 1.29 is 9.59 Å². The Morgan fingerprint density at radius 1 is 1.17 bits per heavy atom. The van der Waals surface area contributed by atoms with Crippen LogP contribution >= 0.6 is 12.4 Å². The molecule has 2 amide bonds. The first-order valence-electron chi connectivity index (χ1n) is 7.12. The smallest absolute Gasteiger partial charge is 0.281 e. The first-order valence-corrected chi connectivity index (χ1v) is 7.12. The minimum atomic E-state index is -0.438. The third-order valence-corrected chi connectivity index (χ3v) is 3.80. The van der Waals surface area contributed by atoms with E-state index in [4.69, 9.17) is 5.73 Å². The van der Waals surface area contributed by atoms with Crippen molar-refractivity contribution in [2.24, 2.45) is 5.73 Å². The van der Waals surface area contributed by atoms with Crippen LogP contribution in [-0.4, -0.2) is 21.5 Å². The predicted octanol–water partition coefficient (Wildman–Crippen LogP) is 0.761. The first-order chi connectivity index (χ1) is 10.5. The normalized spacial score (nSPS) is 15.0. The summed E-state index contributed by atoms with van der Waals surface area (Å²) in [6.07, 6.45) is 0.999. The number of aryl methyl sites for hydroxylation is 1. The Morgan fingerprint density at radius 3 is 2.43 bits per heavy atom. The van der Waals surface area contributed by atoms with Crippen LogP contribution in [0.3, 0.4) is 0 Å². The highest BCUT2D eigenvalue weighted by atomic mass is 35.5. The molecule has 0 bridgehead atoms. The van der Waals surface area contributed by atoms with Gasteiger partial charge in [0.15, 0.2) is 0 Å². The summed E-state index contributed by atoms with van der Waals surface area (Å²) in [6.45, 7) is 1.78. The molecule has 2 N–H and O–H groups in total. The number of carbonyl (C=O) groups excluding carboxylic acids is 2. The van der Waals surface area contributed by atoms with Crippen LogP contribution in [0.25, 0.3) is 10.9 Å². The van der Waals surface area contributed by atoms with Crippen molar-refractivity contribution in [1.82, 2.24) is 9.66 Å². The van der Waals surface area contributed by atoms with Gasteiger partial charge in [0.05, 0.1) is 10.9 Å². The van der Waals surface area contributed by atoms with Crippen LogP contribution < -0.4 is 16.3 Å². The summed E-state index contributed by atoms with van der Waals surface area (Å²) in [5, 5.41) is 1.27. The van der Waals surface area contributed by atoms with Gasteiger partial charge in [-0.15, -0.1) is 12.4 Å². The molecule has 3 rings (SSSR count). The fourth-order valence-electron chi connectivity index (χ4n) is 2.77. The Balaban J connectivity index is 0.00000192. The van der Waals surface area contributed by atoms with Gasteiger partial charge in [0, 0.05) is 19.4 Å². The zero-order valence-electron chi connectivity index (χ0n) is 12.6. The van der Waals surface area contributed by atoms with E-state index in [1.165, 1.54) is 0 Å². The van der Waals surface area contributed by atoms with Gasteiger partial charge in [-0.2, -0.15) is 9.69 Å². The minimum absolute atomic E-state index is 0. The molecule has 2 aromatic rings. The quantitative estimate of drug-likeness (QED) is 0.816. The molecule has 1 fully saturated rings. The number of hydrogen-bond acceptors (Lipinski definition) is 5. The van der Waals surface area contributed by atoms with Gasteiger partial charge in [-0.25, -0.2) is 4.98 Å². The van der Waals surface area contributed by atoms with Gasteiger partial charge in [0.2, 0.25) is 11.8 Å². The number of piperidine rings is 1. The molecule has 0 unspecified atom stereocenters. The highest BCUT2D eigenvalue weighted by Crippen LogP contribution is 2.16. The van der Waals surface area contributed by atoms with Gasteiger partial charge >= 0.3 is 0 Å². The van der Waals surface area contributed by atoms with Crippen molar-refractivity contribution in [3.63, 3.8) is 0 Å². The molecule has 23 heavy (non-hydrogen) atoms. The number of nitrogens with two attached hydrogens (primary N) is 1. The summed E-state index contributed by atoms with van der Waals surface area (Å²) in [6, 6.07) is 5.23. The Morgan fingerprint density at radius 2 is 1.83 bits per heavy atom. The molecule has 1 aliphatic rings. The molecule has 1 saturated heterocycles. The lowest BCUT2D eigenvalue weighted by molar-refractivity contribution is -0.131. The van der Waals surface area contributed by atoms with Gasteiger partial charge < -0.3 is 5.73 Å². The number of aromatic nitrogens is 2. The van der Waals surface area contributed by atoms with E-state index in [0.717, 1.165) is 9.69 Å². The number of benzene rings is 1. The second-order valence-electron chi connectivity index (χ2n) is 5.24. The largest absolute Gasteiger partial charge is 0.326 e. The summed E-state index contributed by atoms with van der Waals surface area (Å²) in [5.41, 5.74) is 6.40. The van der Waals surface area contributed by atoms with Crippen LogP contribution in [-0.2, 0) is 16.1 Å². The topological polar surface area (TPSA) is 98.3 Å². The van der Waals surface area contributed by atoms with E-state index < -0.39 is 5.56 Å². The molecule has 0 saturated carbocycles. The molecular formula is C15H17ClN4O3. The predicted molar refractivity (Wildman–Crippen MR) is 88.0 cm³/mol. The molecule has 7 nitrogen and oxygen atoms in total. The van der Waals surface area contributed by atoms with Crippen LogP contribution in [0.4, 0.5) is 0 Å². The van der Waals surface area contributed by atoms with Crippen LogP contribution in [0.2, 0.25) is 0 Å². The van der Waals surface area contributed by atoms with E-state index in [-0.39, 0.29) is 43.6 Å². The number of hydrogen-bond donors (Lipinski definition) is 1. The molecule has 1 aromatic heterocycles. The second-order valence-corrected chi connectivity index (χ2v) is 5.24. The molecule has 8 heteroatoms. The van der Waals surface area contributed by atoms with E-state index in [2.05, 4.69) is 4.98 Å². The monoisotopic (exact) mass is 336 g/mol. The minimum Gasteiger partial charge on any atom is -0.326 e. The molecule has 0 aliphatic carbocycles. The molecule has 2 heterocycles. The van der Waals surface area contributed by atoms with Gasteiger partial charge in [0.1, 0.15) is 5.82 Å². The standard InChI is InChI=1S/C15H16N4O3.ClH/c1-9-17-11-5-2-4-10(8-16)14(11)15(22)18(9)19-12(20)6-3-7-13(19)21;/h2,4-5H,3,6-8,16H2,1H3;1H. The summed E-state index contributed by atoms with van der Waals surface area (Å²) < 4.78 is 1.07. The number of rotatable bonds is 2. The van der Waals surface area contributed by atoms with Crippen LogP contribution in [0, 0.1) is 6.92 Å². The van der Waals surface area contributed by atoms with Crippen molar-refractivity contribution in [2.45, 2.75) is 32.7 Å². The number of fused-ring (bicyclic) bond motifs is 1. The lowest BCUT2D eigenvalue weighted by atomic mass is 10.1. The zero-order chi connectivity index (χ0) is 15.9. The van der Waals surface area contributed by atoms with Crippen molar-refractivity contribution in [2.75, 3.05) is 5.01 Å². The van der Waals surface area contributed by atoms with E-state index in [9.17, 15) is 14.4 Å². The lowest BCUT2D eigenvalue weighted by Gasteiger charge is -2.27. The van der Waals surface area contributed by atoms with E-state index in [1.807, 2.05) is 0 Å². The number of amides is 2. The van der Waals surface area contributed by atoms with E-state index in [1.54, 1.807) is 25.1 Å². The Kier molecular flexibility index (Phi) is 4.82. The Hall–Kier alpha value is -2.25. The van der Waals surface area contributed by atoms with Gasteiger partial charge in [-0.1, -0.05) is 12.1 Å². The zero-order valence-corrected chi connectivity index (χ0v) is 13.4. The molecule has 122 valence electrons. The SMILES string of the molecule is Cc1nc2cccc(CN)c2c(=O)n1N1C(=O)CCCC1=O.Cl. The summed E-state index contributed by atoms with van der Waals surface area (Å²) in [4.78, 5) is 41.4. The second kappa shape index (κ2) is 6.47. The van der Waals surface area contributed by atoms with Crippen LogP contribution in [0.15, 0.2) is 23.0 Å². The van der Waals surface area contributed by atoms with Crippen LogP contribution in [0.5, 0.6) is 0 Å². The highest BCUT2D eigenvalue weighted by molar-refractivity contribution is 6.10. The van der Waals surface area contributed by atoms with Crippen molar-refractivity contribution in [3.05, 3.63) is 39.9 Å². The van der Waals surface area contributed by atoms with Gasteiger partial charge in [-0.05, 0) is 25.0 Å². The van der Waals surface area contributed by atoms with Crippen molar-refractivity contribution in [1.29, 1.82) is 0 Å². The molecule has 0 radical (unpaired) electrons. The third kappa shape index (κ3) is 2.73. The first kappa shape index (κ1) is 17.1. The molecule has 1 aromatic carbocycles. The van der Waals surface area contributed by atoms with Crippen LogP contribution in [0.1, 0.15) is 30.7 Å². The average Bonchev–Trinajstić information content (AvgIpc) is 2.49. The van der Waals surface area contributed by atoms with E-state index >= 15 is 0 Å². The van der Waals surface area contributed by atoms with Gasteiger partial charge in [0.25, 0.3) is 5.56 Å². The third-order valence-electron chi connectivity index (χ3n) is 3.80. The number of carbonyl (C=O) groups is 2. The van der Waals surface area contributed by atoms with E-state index in [0.29, 0.717) is 28.7 Å². The Bertz CT molecular complexity index is 830. The Labute approximate surface area is 138 Å².